The third kappa shape index (κ3) is 3.72. The van der Waals surface area contributed by atoms with E-state index >= 15 is 0 Å². The fraction of sp³-hybridized carbons (Fsp3) is 0.818. The fourth-order valence-electron chi connectivity index (χ4n) is 2.26. The van der Waals surface area contributed by atoms with Crippen molar-refractivity contribution in [2.75, 3.05) is 11.9 Å². The van der Waals surface area contributed by atoms with Gasteiger partial charge in [-0.15, -0.1) is 0 Å². The molecule has 1 aliphatic carbocycles. The molecule has 0 heterocycles. The molecule has 0 aliphatic heterocycles. The van der Waals surface area contributed by atoms with Crippen LogP contribution in [-0.2, 0) is 9.59 Å². The normalized spacial score (nSPS) is 19.1. The third-order valence-corrected chi connectivity index (χ3v) is 3.83. The first-order valence-electron chi connectivity index (χ1n) is 5.67. The maximum atomic E-state index is 12.1. The van der Waals surface area contributed by atoms with Crippen molar-refractivity contribution < 1.29 is 18.4 Å². The van der Waals surface area contributed by atoms with Gasteiger partial charge >= 0.3 is 6.43 Å². The number of rotatable bonds is 5. The van der Waals surface area contributed by atoms with E-state index in [0.717, 1.165) is 19.3 Å². The van der Waals surface area contributed by atoms with Crippen molar-refractivity contribution in [3.63, 3.8) is 0 Å². The average molecular weight is 312 g/mol. The first kappa shape index (κ1) is 14.5. The summed E-state index contributed by atoms with van der Waals surface area (Å²) in [6, 6.07) is 0. The van der Waals surface area contributed by atoms with Gasteiger partial charge in [-0.1, -0.05) is 35.2 Å². The Kier molecular flexibility index (Phi) is 5.49. The van der Waals surface area contributed by atoms with Crippen LogP contribution in [-0.4, -0.2) is 30.0 Å². The quantitative estimate of drug-likeness (QED) is 0.792. The summed E-state index contributed by atoms with van der Waals surface area (Å²) in [5.41, 5.74) is -0.647. The summed E-state index contributed by atoms with van der Waals surface area (Å²) < 4.78 is 24.2. The lowest BCUT2D eigenvalue weighted by molar-refractivity contribution is -0.134. The number of Topliss-reactive ketones (excluding diaryl/α,β-unsaturated/α-hetero) is 1. The van der Waals surface area contributed by atoms with Gasteiger partial charge in [0.25, 0.3) is 5.91 Å². The lowest BCUT2D eigenvalue weighted by atomic mass is 9.71. The largest absolute Gasteiger partial charge is 0.350 e. The van der Waals surface area contributed by atoms with E-state index in [2.05, 4.69) is 21.2 Å². The molecular formula is C11H16BrF2NO2. The zero-order valence-electron chi connectivity index (χ0n) is 9.48. The van der Waals surface area contributed by atoms with Gasteiger partial charge in [0.2, 0.25) is 0 Å². The SMILES string of the molecule is O=C(NCC1(C(=O)CBr)CCCCC1)C(F)F. The first-order chi connectivity index (χ1) is 8.02. The number of carbonyl (C=O) groups excluding carboxylic acids is 2. The van der Waals surface area contributed by atoms with E-state index < -0.39 is 17.7 Å². The summed E-state index contributed by atoms with van der Waals surface area (Å²) in [5.74, 6) is -1.30. The number of hydrogen-bond acceptors (Lipinski definition) is 2. The summed E-state index contributed by atoms with van der Waals surface area (Å²) in [6.07, 6.45) is 1.18. The molecule has 1 aliphatic rings. The molecule has 0 atom stereocenters. The van der Waals surface area contributed by atoms with Crippen molar-refractivity contribution in [2.24, 2.45) is 5.41 Å². The van der Waals surface area contributed by atoms with E-state index in [1.165, 1.54) is 0 Å². The van der Waals surface area contributed by atoms with Gasteiger partial charge in [0.05, 0.1) is 5.33 Å². The molecule has 0 radical (unpaired) electrons. The molecule has 0 unspecified atom stereocenters. The Morgan fingerprint density at radius 3 is 2.29 bits per heavy atom. The highest BCUT2D eigenvalue weighted by atomic mass is 79.9. The second-order valence-corrected chi connectivity index (χ2v) is 4.98. The topological polar surface area (TPSA) is 46.2 Å². The molecule has 1 rings (SSSR count). The molecule has 0 saturated heterocycles. The van der Waals surface area contributed by atoms with Crippen molar-refractivity contribution in [1.29, 1.82) is 0 Å². The van der Waals surface area contributed by atoms with E-state index in [1.807, 2.05) is 0 Å². The molecule has 3 nitrogen and oxygen atoms in total. The molecule has 0 aromatic rings. The Hall–Kier alpha value is -0.520. The van der Waals surface area contributed by atoms with Crippen molar-refractivity contribution in [3.8, 4) is 0 Å². The number of alkyl halides is 3. The predicted octanol–water partition coefficient (Wildman–Crippen LogP) is 2.28. The molecule has 6 heteroatoms. The molecular weight excluding hydrogens is 296 g/mol. The Labute approximate surface area is 107 Å². The Morgan fingerprint density at radius 2 is 1.82 bits per heavy atom. The molecule has 0 aromatic heterocycles. The molecule has 1 N–H and O–H groups in total. The van der Waals surface area contributed by atoms with Crippen molar-refractivity contribution in [1.82, 2.24) is 5.32 Å². The molecule has 0 bridgehead atoms. The van der Waals surface area contributed by atoms with Crippen LogP contribution < -0.4 is 5.32 Å². The van der Waals surface area contributed by atoms with Crippen LogP contribution in [0.3, 0.4) is 0 Å². The predicted molar refractivity (Wildman–Crippen MR) is 63.3 cm³/mol. The number of carbonyl (C=O) groups is 2. The van der Waals surface area contributed by atoms with Crippen molar-refractivity contribution in [3.05, 3.63) is 0 Å². The number of hydrogen-bond donors (Lipinski definition) is 1. The summed E-state index contributed by atoms with van der Waals surface area (Å²) in [4.78, 5) is 22.7. The van der Waals surface area contributed by atoms with E-state index in [-0.39, 0.29) is 17.7 Å². The van der Waals surface area contributed by atoms with Crippen LogP contribution in [0, 0.1) is 5.41 Å². The second-order valence-electron chi connectivity index (χ2n) is 4.42. The minimum absolute atomic E-state index is 0.00762. The van der Waals surface area contributed by atoms with Gasteiger partial charge in [-0.3, -0.25) is 9.59 Å². The van der Waals surface area contributed by atoms with Crippen LogP contribution in [0.4, 0.5) is 8.78 Å². The van der Waals surface area contributed by atoms with Crippen LogP contribution >= 0.6 is 15.9 Å². The van der Waals surface area contributed by atoms with Crippen LogP contribution in [0.1, 0.15) is 32.1 Å². The highest BCUT2D eigenvalue weighted by molar-refractivity contribution is 9.09. The van der Waals surface area contributed by atoms with Gasteiger partial charge in [-0.25, -0.2) is 0 Å². The molecule has 17 heavy (non-hydrogen) atoms. The van der Waals surface area contributed by atoms with Gasteiger partial charge in [0.1, 0.15) is 0 Å². The molecule has 1 fully saturated rings. The third-order valence-electron chi connectivity index (χ3n) is 3.32. The number of amides is 1. The van der Waals surface area contributed by atoms with Crippen molar-refractivity contribution in [2.45, 2.75) is 38.5 Å². The van der Waals surface area contributed by atoms with E-state index in [4.69, 9.17) is 0 Å². The van der Waals surface area contributed by atoms with Crippen molar-refractivity contribution >= 4 is 27.6 Å². The summed E-state index contributed by atoms with van der Waals surface area (Å²) in [6.45, 7) is 0.0284. The van der Waals surface area contributed by atoms with Crippen LogP contribution in [0.2, 0.25) is 0 Å². The molecule has 0 aromatic carbocycles. The van der Waals surface area contributed by atoms with Crippen LogP contribution in [0.25, 0.3) is 0 Å². The van der Waals surface area contributed by atoms with Crippen LogP contribution in [0.5, 0.6) is 0 Å². The Balaban J connectivity index is 2.64. The number of ketones is 1. The maximum absolute atomic E-state index is 12.1. The highest BCUT2D eigenvalue weighted by Gasteiger charge is 2.39. The summed E-state index contributed by atoms with van der Waals surface area (Å²) in [7, 11) is 0. The fourth-order valence-corrected chi connectivity index (χ4v) is 2.85. The minimum Gasteiger partial charge on any atom is -0.350 e. The first-order valence-corrected chi connectivity index (χ1v) is 6.79. The number of halogens is 3. The van der Waals surface area contributed by atoms with E-state index in [0.29, 0.717) is 12.8 Å². The van der Waals surface area contributed by atoms with Gasteiger partial charge < -0.3 is 5.32 Å². The van der Waals surface area contributed by atoms with E-state index in [9.17, 15) is 18.4 Å². The molecule has 0 spiro atoms. The smallest absolute Gasteiger partial charge is 0.315 e. The highest BCUT2D eigenvalue weighted by Crippen LogP contribution is 2.37. The van der Waals surface area contributed by atoms with Gasteiger partial charge in [0.15, 0.2) is 5.78 Å². The molecule has 1 saturated carbocycles. The standard InChI is InChI=1S/C11H16BrF2NO2/c12-6-8(16)11(4-2-1-3-5-11)7-15-10(17)9(13)14/h9H,1-7H2,(H,15,17). The minimum atomic E-state index is -3.02. The van der Waals surface area contributed by atoms with Crippen LogP contribution in [0.15, 0.2) is 0 Å². The second kappa shape index (κ2) is 6.42. The number of nitrogens with one attached hydrogen (secondary N) is 1. The zero-order chi connectivity index (χ0) is 12.9. The van der Waals surface area contributed by atoms with E-state index in [1.54, 1.807) is 0 Å². The maximum Gasteiger partial charge on any atom is 0.315 e. The Bertz CT molecular complexity index is 291. The molecule has 1 amide bonds. The van der Waals surface area contributed by atoms with Gasteiger partial charge in [0, 0.05) is 12.0 Å². The van der Waals surface area contributed by atoms with Gasteiger partial charge in [-0.05, 0) is 12.8 Å². The summed E-state index contributed by atoms with van der Waals surface area (Å²) in [5, 5.41) is 2.38. The lowest BCUT2D eigenvalue weighted by Crippen LogP contribution is -2.46. The lowest BCUT2D eigenvalue weighted by Gasteiger charge is -2.35. The zero-order valence-corrected chi connectivity index (χ0v) is 11.1. The Morgan fingerprint density at radius 1 is 1.24 bits per heavy atom. The molecule has 98 valence electrons. The monoisotopic (exact) mass is 311 g/mol. The van der Waals surface area contributed by atoms with Gasteiger partial charge in [-0.2, -0.15) is 8.78 Å². The summed E-state index contributed by atoms with van der Waals surface area (Å²) >= 11 is 3.11. The average Bonchev–Trinajstić information content (AvgIpc) is 2.35.